The number of nitrogens with zero attached hydrogens (tertiary/aromatic N) is 3. The Morgan fingerprint density at radius 2 is 2.13 bits per heavy atom. The van der Waals surface area contributed by atoms with E-state index in [4.69, 9.17) is 9.47 Å². The van der Waals surface area contributed by atoms with Crippen LogP contribution in [0.2, 0.25) is 0 Å². The second-order valence-electron chi connectivity index (χ2n) is 5.38. The lowest BCUT2D eigenvalue weighted by Crippen LogP contribution is -2.33. The zero-order chi connectivity index (χ0) is 16.1. The molecule has 1 aliphatic heterocycles. The van der Waals surface area contributed by atoms with Crippen molar-refractivity contribution in [2.24, 2.45) is 0 Å². The van der Waals surface area contributed by atoms with Crippen molar-refractivity contribution in [2.45, 2.75) is 18.9 Å². The van der Waals surface area contributed by atoms with Crippen LogP contribution in [0.25, 0.3) is 0 Å². The van der Waals surface area contributed by atoms with Crippen molar-refractivity contribution in [2.75, 3.05) is 20.3 Å². The van der Waals surface area contributed by atoms with Gasteiger partial charge in [-0.05, 0) is 25.0 Å². The molecule has 1 aromatic heterocycles. The highest BCUT2D eigenvalue weighted by molar-refractivity contribution is 5.78. The fraction of sp³-hybridized carbons (Fsp3) is 0.353. The highest BCUT2D eigenvalue weighted by atomic mass is 16.5. The summed E-state index contributed by atoms with van der Waals surface area (Å²) in [5, 5.41) is 0. The molecule has 0 aliphatic carbocycles. The molecule has 3 rings (SSSR count). The van der Waals surface area contributed by atoms with Crippen molar-refractivity contribution >= 4 is 5.91 Å². The van der Waals surface area contributed by atoms with Gasteiger partial charge in [-0.25, -0.2) is 4.98 Å². The maximum absolute atomic E-state index is 12.1. The third kappa shape index (κ3) is 3.65. The summed E-state index contributed by atoms with van der Waals surface area (Å²) in [6.45, 7) is 0.808. The number of hydrogen-bond donors (Lipinski definition) is 0. The Labute approximate surface area is 135 Å². The van der Waals surface area contributed by atoms with Crippen molar-refractivity contribution < 1.29 is 14.3 Å². The molecule has 6 nitrogen and oxygen atoms in total. The molecule has 6 heteroatoms. The first-order chi connectivity index (χ1) is 11.3. The summed E-state index contributed by atoms with van der Waals surface area (Å²) in [4.78, 5) is 22.7. The van der Waals surface area contributed by atoms with E-state index < -0.39 is 0 Å². The van der Waals surface area contributed by atoms with Crippen molar-refractivity contribution in [3.63, 3.8) is 0 Å². The fourth-order valence-corrected chi connectivity index (χ4v) is 2.76. The first kappa shape index (κ1) is 15.4. The summed E-state index contributed by atoms with van der Waals surface area (Å²) in [5.41, 5.74) is 0.750. The van der Waals surface area contributed by atoms with E-state index in [1.165, 1.54) is 7.11 Å². The molecule has 1 aliphatic rings. The number of likely N-dealkylation sites (tertiary alicyclic amines) is 1. The number of methoxy groups -OCH3 is 1. The van der Waals surface area contributed by atoms with Gasteiger partial charge in [-0.3, -0.25) is 9.78 Å². The number of para-hydroxylation sites is 1. The summed E-state index contributed by atoms with van der Waals surface area (Å²) < 4.78 is 10.7. The zero-order valence-corrected chi connectivity index (χ0v) is 13.0. The largest absolute Gasteiger partial charge is 0.437 e. The van der Waals surface area contributed by atoms with Crippen molar-refractivity contribution in [3.8, 4) is 11.6 Å². The molecule has 0 spiro atoms. The second kappa shape index (κ2) is 7.19. The molecule has 1 fully saturated rings. The van der Waals surface area contributed by atoms with Gasteiger partial charge in [0.2, 0.25) is 11.8 Å². The first-order valence-corrected chi connectivity index (χ1v) is 7.61. The molecule has 0 radical (unpaired) electrons. The number of rotatable bonds is 5. The van der Waals surface area contributed by atoms with E-state index >= 15 is 0 Å². The summed E-state index contributed by atoms with van der Waals surface area (Å²) in [6.07, 6.45) is 5.10. The van der Waals surface area contributed by atoms with E-state index in [-0.39, 0.29) is 18.6 Å². The van der Waals surface area contributed by atoms with E-state index in [1.807, 2.05) is 30.3 Å². The van der Waals surface area contributed by atoms with Crippen LogP contribution in [-0.4, -0.2) is 41.0 Å². The van der Waals surface area contributed by atoms with Crippen LogP contribution < -0.4 is 4.74 Å². The Bertz CT molecular complexity index is 663. The SMILES string of the molecule is COCC(=O)N1CCC[C@@H]1c1cncc(Oc2ccccc2)n1. The number of benzene rings is 1. The number of ether oxygens (including phenoxy) is 2. The maximum Gasteiger partial charge on any atom is 0.249 e. The highest BCUT2D eigenvalue weighted by Gasteiger charge is 2.31. The van der Waals surface area contributed by atoms with Gasteiger partial charge in [-0.2, -0.15) is 0 Å². The van der Waals surface area contributed by atoms with E-state index in [9.17, 15) is 4.79 Å². The maximum atomic E-state index is 12.1. The molecule has 1 saturated heterocycles. The lowest BCUT2D eigenvalue weighted by molar-refractivity contribution is -0.136. The van der Waals surface area contributed by atoms with E-state index in [1.54, 1.807) is 17.3 Å². The lowest BCUT2D eigenvalue weighted by Gasteiger charge is -2.24. The molecular formula is C17H19N3O3. The topological polar surface area (TPSA) is 64.5 Å². The quantitative estimate of drug-likeness (QED) is 0.849. The molecular weight excluding hydrogens is 294 g/mol. The molecule has 0 bridgehead atoms. The molecule has 0 N–H and O–H groups in total. The smallest absolute Gasteiger partial charge is 0.249 e. The normalized spacial score (nSPS) is 17.3. The molecule has 2 heterocycles. The van der Waals surface area contributed by atoms with Crippen LogP contribution in [0.1, 0.15) is 24.6 Å². The van der Waals surface area contributed by atoms with Crippen molar-refractivity contribution in [1.29, 1.82) is 0 Å². The van der Waals surface area contributed by atoms with Gasteiger partial charge >= 0.3 is 0 Å². The monoisotopic (exact) mass is 313 g/mol. The molecule has 1 atom stereocenters. The molecule has 23 heavy (non-hydrogen) atoms. The Morgan fingerprint density at radius 1 is 1.30 bits per heavy atom. The average molecular weight is 313 g/mol. The first-order valence-electron chi connectivity index (χ1n) is 7.61. The Morgan fingerprint density at radius 3 is 2.91 bits per heavy atom. The number of carbonyl (C=O) groups is 1. The Kier molecular flexibility index (Phi) is 4.83. The molecule has 120 valence electrons. The zero-order valence-electron chi connectivity index (χ0n) is 13.0. The third-order valence-corrected chi connectivity index (χ3v) is 3.78. The third-order valence-electron chi connectivity index (χ3n) is 3.78. The van der Waals surface area contributed by atoms with Gasteiger partial charge in [0.15, 0.2) is 0 Å². The minimum atomic E-state index is -0.0653. The van der Waals surface area contributed by atoms with Crippen molar-refractivity contribution in [3.05, 3.63) is 48.4 Å². The van der Waals surface area contributed by atoms with Crippen molar-refractivity contribution in [1.82, 2.24) is 14.9 Å². The number of hydrogen-bond acceptors (Lipinski definition) is 5. The van der Waals surface area contributed by atoms with Gasteiger partial charge in [-0.15, -0.1) is 0 Å². The highest BCUT2D eigenvalue weighted by Crippen LogP contribution is 2.31. The fourth-order valence-electron chi connectivity index (χ4n) is 2.76. The van der Waals surface area contributed by atoms with Crippen LogP contribution in [0.3, 0.4) is 0 Å². The predicted octanol–water partition coefficient (Wildman–Crippen LogP) is 2.58. The second-order valence-corrected chi connectivity index (χ2v) is 5.38. The lowest BCUT2D eigenvalue weighted by atomic mass is 10.1. The van der Waals surface area contributed by atoms with Gasteiger partial charge in [0.1, 0.15) is 12.4 Å². The summed E-state index contributed by atoms with van der Waals surface area (Å²) >= 11 is 0. The van der Waals surface area contributed by atoms with Crippen LogP contribution in [0.5, 0.6) is 11.6 Å². The van der Waals surface area contributed by atoms with Gasteiger partial charge < -0.3 is 14.4 Å². The molecule has 0 saturated carbocycles. The van der Waals surface area contributed by atoms with Gasteiger partial charge in [0.05, 0.1) is 24.1 Å². The predicted molar refractivity (Wildman–Crippen MR) is 84.1 cm³/mol. The number of carbonyl (C=O) groups excluding carboxylic acids is 1. The Hall–Kier alpha value is -2.47. The summed E-state index contributed by atoms with van der Waals surface area (Å²) in [7, 11) is 1.52. The minimum Gasteiger partial charge on any atom is -0.437 e. The van der Waals surface area contributed by atoms with E-state index in [0.717, 1.165) is 25.1 Å². The van der Waals surface area contributed by atoms with Crippen LogP contribution in [-0.2, 0) is 9.53 Å². The van der Waals surface area contributed by atoms with Crippen LogP contribution >= 0.6 is 0 Å². The molecule has 1 aromatic carbocycles. The van der Waals surface area contributed by atoms with Crippen LogP contribution in [0.4, 0.5) is 0 Å². The minimum absolute atomic E-state index is 0.0221. The number of aromatic nitrogens is 2. The number of amides is 1. The standard InChI is InChI=1S/C17H19N3O3/c1-22-12-17(21)20-9-5-8-15(20)14-10-18-11-16(19-14)23-13-6-3-2-4-7-13/h2-4,6-7,10-11,15H,5,8-9,12H2,1H3/t15-/m1/s1. The average Bonchev–Trinajstić information content (AvgIpc) is 3.06. The van der Waals surface area contributed by atoms with E-state index in [0.29, 0.717) is 11.6 Å². The van der Waals surface area contributed by atoms with Gasteiger partial charge in [0, 0.05) is 13.7 Å². The van der Waals surface area contributed by atoms with Gasteiger partial charge in [0.25, 0.3) is 0 Å². The molecule has 1 amide bonds. The van der Waals surface area contributed by atoms with Gasteiger partial charge in [-0.1, -0.05) is 18.2 Å². The van der Waals surface area contributed by atoms with E-state index in [2.05, 4.69) is 9.97 Å². The summed E-state index contributed by atoms with van der Waals surface area (Å²) in [6, 6.07) is 9.37. The molecule has 2 aromatic rings. The van der Waals surface area contributed by atoms with Crippen LogP contribution in [0.15, 0.2) is 42.7 Å². The Balaban J connectivity index is 1.77. The summed E-state index contributed by atoms with van der Waals surface area (Å²) in [5.74, 6) is 1.11. The molecule has 0 unspecified atom stereocenters. The van der Waals surface area contributed by atoms with Crippen LogP contribution in [0, 0.1) is 0 Å².